The zero-order valence-corrected chi connectivity index (χ0v) is 13.6. The van der Waals surface area contributed by atoms with Gasteiger partial charge in [-0.15, -0.1) is 0 Å². The molecule has 1 N–H and O–H groups in total. The Morgan fingerprint density at radius 2 is 1.88 bits per heavy atom. The number of hydrogen-bond donors (Lipinski definition) is 1. The Bertz CT molecular complexity index is 881. The number of rotatable bonds is 5. The van der Waals surface area contributed by atoms with Gasteiger partial charge in [0.15, 0.2) is 0 Å². The second kappa shape index (κ2) is 7.14. The van der Waals surface area contributed by atoms with Crippen LogP contribution >= 0.6 is 11.6 Å². The second-order valence-electron chi connectivity index (χ2n) is 5.15. The molecule has 2 aromatic carbocycles. The zero-order chi connectivity index (χ0) is 17.9. The SMILES string of the molecule is FC(F)(F)c1cc(Cl)ccc1OCCNc1ncnc2ccccc12. The molecule has 3 aromatic rings. The molecule has 1 heterocycles. The van der Waals surface area contributed by atoms with E-state index in [2.05, 4.69) is 15.3 Å². The Morgan fingerprint density at radius 1 is 1.08 bits per heavy atom. The minimum Gasteiger partial charge on any atom is -0.491 e. The maximum Gasteiger partial charge on any atom is 0.420 e. The summed E-state index contributed by atoms with van der Waals surface area (Å²) in [7, 11) is 0. The lowest BCUT2D eigenvalue weighted by Crippen LogP contribution is -2.15. The fraction of sp³-hybridized carbons (Fsp3) is 0.176. The molecule has 4 nitrogen and oxygen atoms in total. The molecule has 0 radical (unpaired) electrons. The summed E-state index contributed by atoms with van der Waals surface area (Å²) >= 11 is 5.64. The molecule has 25 heavy (non-hydrogen) atoms. The van der Waals surface area contributed by atoms with E-state index in [-0.39, 0.29) is 23.9 Å². The Hall–Kier alpha value is -2.54. The van der Waals surface area contributed by atoms with E-state index in [9.17, 15) is 13.2 Å². The van der Waals surface area contributed by atoms with Crippen molar-refractivity contribution in [3.05, 3.63) is 59.4 Å². The van der Waals surface area contributed by atoms with E-state index in [4.69, 9.17) is 16.3 Å². The van der Waals surface area contributed by atoms with Crippen LogP contribution in [-0.4, -0.2) is 23.1 Å². The maximum absolute atomic E-state index is 13.0. The number of hydrogen-bond acceptors (Lipinski definition) is 4. The van der Waals surface area contributed by atoms with Crippen LogP contribution < -0.4 is 10.1 Å². The number of aromatic nitrogens is 2. The number of alkyl halides is 3. The van der Waals surface area contributed by atoms with Crippen molar-refractivity contribution in [1.82, 2.24) is 9.97 Å². The van der Waals surface area contributed by atoms with Crippen LogP contribution in [0.2, 0.25) is 5.02 Å². The predicted molar refractivity (Wildman–Crippen MR) is 90.0 cm³/mol. The molecule has 0 atom stereocenters. The molecule has 0 amide bonds. The van der Waals surface area contributed by atoms with E-state index >= 15 is 0 Å². The van der Waals surface area contributed by atoms with Crippen molar-refractivity contribution in [2.75, 3.05) is 18.5 Å². The van der Waals surface area contributed by atoms with E-state index in [0.717, 1.165) is 17.0 Å². The zero-order valence-electron chi connectivity index (χ0n) is 12.8. The fourth-order valence-corrected chi connectivity index (χ4v) is 2.50. The van der Waals surface area contributed by atoms with Crippen molar-refractivity contribution in [1.29, 1.82) is 0 Å². The molecule has 0 unspecified atom stereocenters. The number of halogens is 4. The van der Waals surface area contributed by atoms with Crippen molar-refractivity contribution in [2.24, 2.45) is 0 Å². The largest absolute Gasteiger partial charge is 0.491 e. The molecule has 8 heteroatoms. The lowest BCUT2D eigenvalue weighted by molar-refractivity contribution is -0.138. The first kappa shape index (κ1) is 17.3. The summed E-state index contributed by atoms with van der Waals surface area (Å²) in [6.07, 6.45) is -3.11. The van der Waals surface area contributed by atoms with E-state index in [1.165, 1.54) is 18.5 Å². The highest BCUT2D eigenvalue weighted by Gasteiger charge is 2.34. The van der Waals surface area contributed by atoms with E-state index < -0.39 is 11.7 Å². The minimum atomic E-state index is -4.53. The van der Waals surface area contributed by atoms with Gasteiger partial charge in [-0.2, -0.15) is 13.2 Å². The van der Waals surface area contributed by atoms with Crippen LogP contribution in [0, 0.1) is 0 Å². The van der Waals surface area contributed by atoms with Crippen molar-refractivity contribution >= 4 is 28.3 Å². The van der Waals surface area contributed by atoms with E-state index in [1.807, 2.05) is 24.3 Å². The summed E-state index contributed by atoms with van der Waals surface area (Å²) in [4.78, 5) is 8.29. The Labute approximate surface area is 146 Å². The molecule has 1 aromatic heterocycles. The van der Waals surface area contributed by atoms with Gasteiger partial charge >= 0.3 is 6.18 Å². The first-order chi connectivity index (χ1) is 11.9. The van der Waals surface area contributed by atoms with Crippen LogP contribution in [0.4, 0.5) is 19.0 Å². The van der Waals surface area contributed by atoms with Gasteiger partial charge in [0.2, 0.25) is 0 Å². The van der Waals surface area contributed by atoms with Gasteiger partial charge in [-0.05, 0) is 30.3 Å². The number of ether oxygens (including phenoxy) is 1. The van der Waals surface area contributed by atoms with Gasteiger partial charge in [0.05, 0.1) is 17.6 Å². The van der Waals surface area contributed by atoms with Gasteiger partial charge in [-0.1, -0.05) is 23.7 Å². The Kier molecular flexibility index (Phi) is 4.94. The van der Waals surface area contributed by atoms with Crippen molar-refractivity contribution in [3.63, 3.8) is 0 Å². The lowest BCUT2D eigenvalue weighted by Gasteiger charge is -2.15. The molecule has 0 saturated heterocycles. The minimum absolute atomic E-state index is 0.00487. The monoisotopic (exact) mass is 367 g/mol. The summed E-state index contributed by atoms with van der Waals surface area (Å²) in [6.45, 7) is 0.309. The van der Waals surface area contributed by atoms with Crippen molar-refractivity contribution in [3.8, 4) is 5.75 Å². The van der Waals surface area contributed by atoms with Crippen molar-refractivity contribution in [2.45, 2.75) is 6.18 Å². The summed E-state index contributed by atoms with van der Waals surface area (Å²) in [6, 6.07) is 10.9. The van der Waals surface area contributed by atoms with Crippen LogP contribution in [0.3, 0.4) is 0 Å². The quantitative estimate of drug-likeness (QED) is 0.658. The Balaban J connectivity index is 1.66. The molecule has 0 aliphatic carbocycles. The average Bonchev–Trinajstić information content (AvgIpc) is 2.59. The van der Waals surface area contributed by atoms with Crippen LogP contribution in [0.25, 0.3) is 10.9 Å². The molecule has 3 rings (SSSR count). The normalized spacial score (nSPS) is 11.5. The second-order valence-corrected chi connectivity index (χ2v) is 5.59. The first-order valence-electron chi connectivity index (χ1n) is 7.38. The topological polar surface area (TPSA) is 47.0 Å². The smallest absolute Gasteiger partial charge is 0.420 e. The molecule has 130 valence electrons. The van der Waals surface area contributed by atoms with Gasteiger partial charge in [0.25, 0.3) is 0 Å². The number of benzene rings is 2. The molecule has 0 spiro atoms. The van der Waals surface area contributed by atoms with Gasteiger partial charge in [-0.3, -0.25) is 0 Å². The van der Waals surface area contributed by atoms with Gasteiger partial charge in [-0.25, -0.2) is 9.97 Å². The standard InChI is InChI=1S/C17H13ClF3N3O/c18-11-5-6-15(13(9-11)17(19,20)21)25-8-7-22-16-12-3-1-2-4-14(12)23-10-24-16/h1-6,9-10H,7-8H2,(H,22,23,24). The number of anilines is 1. The molecule has 0 saturated carbocycles. The van der Waals surface area contributed by atoms with Gasteiger partial charge < -0.3 is 10.1 Å². The Morgan fingerprint density at radius 3 is 2.68 bits per heavy atom. The van der Waals surface area contributed by atoms with Gasteiger partial charge in [0.1, 0.15) is 24.5 Å². The summed E-state index contributed by atoms with van der Waals surface area (Å²) in [5.74, 6) is 0.340. The van der Waals surface area contributed by atoms with Crippen LogP contribution in [0.1, 0.15) is 5.56 Å². The van der Waals surface area contributed by atoms with Crippen LogP contribution in [0.5, 0.6) is 5.75 Å². The molecular formula is C17H13ClF3N3O. The van der Waals surface area contributed by atoms with E-state index in [0.29, 0.717) is 5.82 Å². The summed E-state index contributed by atoms with van der Waals surface area (Å²) in [5.41, 5.74) is -0.120. The average molecular weight is 368 g/mol. The molecule has 0 aliphatic heterocycles. The summed E-state index contributed by atoms with van der Waals surface area (Å²) < 4.78 is 44.3. The third-order valence-electron chi connectivity index (χ3n) is 3.44. The molecule has 0 aliphatic rings. The highest BCUT2D eigenvalue weighted by Crippen LogP contribution is 2.37. The lowest BCUT2D eigenvalue weighted by atomic mass is 10.2. The number of nitrogens with one attached hydrogen (secondary N) is 1. The first-order valence-corrected chi connectivity index (χ1v) is 7.76. The highest BCUT2D eigenvalue weighted by molar-refractivity contribution is 6.30. The fourth-order valence-electron chi connectivity index (χ4n) is 2.33. The summed E-state index contributed by atoms with van der Waals surface area (Å²) in [5, 5.41) is 3.88. The molecule has 0 fully saturated rings. The van der Waals surface area contributed by atoms with E-state index in [1.54, 1.807) is 0 Å². The van der Waals surface area contributed by atoms with Crippen LogP contribution in [-0.2, 0) is 6.18 Å². The molecular weight excluding hydrogens is 355 g/mol. The predicted octanol–water partition coefficient (Wildman–Crippen LogP) is 4.79. The highest BCUT2D eigenvalue weighted by atomic mass is 35.5. The number of fused-ring (bicyclic) bond motifs is 1. The van der Waals surface area contributed by atoms with Crippen LogP contribution in [0.15, 0.2) is 48.8 Å². The third kappa shape index (κ3) is 4.11. The maximum atomic E-state index is 13.0. The van der Waals surface area contributed by atoms with Crippen molar-refractivity contribution < 1.29 is 17.9 Å². The van der Waals surface area contributed by atoms with Gasteiger partial charge in [0, 0.05) is 10.4 Å². The molecule has 0 bridgehead atoms. The number of para-hydroxylation sites is 1. The third-order valence-corrected chi connectivity index (χ3v) is 3.68. The number of nitrogens with zero attached hydrogens (tertiary/aromatic N) is 2.